The number of fused-ring (bicyclic) bond motifs is 1. The summed E-state index contributed by atoms with van der Waals surface area (Å²) in [5, 5.41) is 4.67. The van der Waals surface area contributed by atoms with Gasteiger partial charge in [0, 0.05) is 17.5 Å². The van der Waals surface area contributed by atoms with Crippen LogP contribution in [0.1, 0.15) is 31.8 Å². The second kappa shape index (κ2) is 8.67. The van der Waals surface area contributed by atoms with Crippen LogP contribution < -0.4 is 5.32 Å². The van der Waals surface area contributed by atoms with Crippen molar-refractivity contribution in [3.05, 3.63) is 113 Å². The Bertz CT molecular complexity index is 1310. The van der Waals surface area contributed by atoms with Crippen LogP contribution >= 0.6 is 0 Å². The van der Waals surface area contributed by atoms with E-state index < -0.39 is 17.5 Å². The molecule has 0 unspecified atom stereocenters. The summed E-state index contributed by atoms with van der Waals surface area (Å²) in [6, 6.07) is 24.1. The van der Waals surface area contributed by atoms with Crippen molar-refractivity contribution in [3.8, 4) is 0 Å². The van der Waals surface area contributed by atoms with E-state index in [9.17, 15) is 22.8 Å². The summed E-state index contributed by atoms with van der Waals surface area (Å²) in [7, 11) is 0. The summed E-state index contributed by atoms with van der Waals surface area (Å²) in [6.45, 7) is 0. The van der Waals surface area contributed by atoms with Crippen molar-refractivity contribution in [2.75, 3.05) is 5.32 Å². The van der Waals surface area contributed by atoms with Gasteiger partial charge in [-0.05, 0) is 46.7 Å². The molecule has 6 heteroatoms. The Morgan fingerprint density at radius 3 is 2.25 bits per heavy atom. The molecule has 0 bridgehead atoms. The fourth-order valence-electron chi connectivity index (χ4n) is 3.50. The summed E-state index contributed by atoms with van der Waals surface area (Å²) in [6.07, 6.45) is -4.70. The molecule has 4 rings (SSSR count). The number of anilines is 1. The molecule has 160 valence electrons. The first-order valence-corrected chi connectivity index (χ1v) is 9.90. The Hall–Kier alpha value is -3.93. The van der Waals surface area contributed by atoms with Crippen molar-refractivity contribution < 1.29 is 22.8 Å². The number of rotatable bonds is 5. The fraction of sp³-hybridized carbons (Fsp3) is 0.0769. The Balaban J connectivity index is 1.56. The number of nitrogens with one attached hydrogen (secondary N) is 1. The molecular weight excluding hydrogens is 415 g/mol. The third kappa shape index (κ3) is 4.70. The third-order valence-electron chi connectivity index (χ3n) is 5.11. The number of Topliss-reactive ketones (excluding diaryl/α,β-unsaturated/α-hetero) is 1. The predicted octanol–water partition coefficient (Wildman–Crippen LogP) is 6.54. The molecule has 3 nitrogen and oxygen atoms in total. The predicted molar refractivity (Wildman–Crippen MR) is 118 cm³/mol. The molecule has 0 saturated heterocycles. The first-order chi connectivity index (χ1) is 15.3. The van der Waals surface area contributed by atoms with Gasteiger partial charge in [0.25, 0.3) is 5.91 Å². The quantitative estimate of drug-likeness (QED) is 0.364. The lowest BCUT2D eigenvalue weighted by Gasteiger charge is -2.12. The lowest BCUT2D eigenvalue weighted by molar-refractivity contribution is -0.137. The van der Waals surface area contributed by atoms with E-state index in [1.165, 1.54) is 12.1 Å². The van der Waals surface area contributed by atoms with Gasteiger partial charge in [-0.1, -0.05) is 60.7 Å². The van der Waals surface area contributed by atoms with Crippen LogP contribution in [-0.4, -0.2) is 11.7 Å². The Morgan fingerprint density at radius 1 is 0.750 bits per heavy atom. The highest BCUT2D eigenvalue weighted by Crippen LogP contribution is 2.30. The highest BCUT2D eigenvalue weighted by molar-refractivity contribution is 6.10. The normalized spacial score (nSPS) is 11.3. The summed E-state index contributed by atoms with van der Waals surface area (Å²) >= 11 is 0. The molecule has 0 aliphatic rings. The second-order valence-corrected chi connectivity index (χ2v) is 7.36. The number of benzene rings is 4. The first-order valence-electron chi connectivity index (χ1n) is 9.90. The van der Waals surface area contributed by atoms with Crippen LogP contribution in [0, 0.1) is 0 Å². The Kier molecular flexibility index (Phi) is 5.77. The van der Waals surface area contributed by atoms with Crippen LogP contribution in [0.15, 0.2) is 91.0 Å². The summed E-state index contributed by atoms with van der Waals surface area (Å²) in [5.41, 5.74) is 0.423. The standard InChI is InChI=1S/C26H18F3NO2/c27-26(28,29)21-9-5-6-17(14-21)15-24(31)22-10-3-4-11-23(22)30-25(32)20-13-12-18-7-1-2-8-19(18)16-20/h1-14,16H,15H2,(H,30,32). The van der Waals surface area contributed by atoms with E-state index in [1.54, 1.807) is 36.4 Å². The van der Waals surface area contributed by atoms with Crippen LogP contribution in [0.25, 0.3) is 10.8 Å². The summed E-state index contributed by atoms with van der Waals surface area (Å²) in [4.78, 5) is 25.7. The molecule has 32 heavy (non-hydrogen) atoms. The lowest BCUT2D eigenvalue weighted by Crippen LogP contribution is -2.15. The Morgan fingerprint density at radius 2 is 1.47 bits per heavy atom. The maximum atomic E-state index is 13.0. The van der Waals surface area contributed by atoms with Gasteiger partial charge in [0.1, 0.15) is 0 Å². The molecule has 0 saturated carbocycles. The van der Waals surface area contributed by atoms with Gasteiger partial charge in [-0.15, -0.1) is 0 Å². The summed E-state index contributed by atoms with van der Waals surface area (Å²) < 4.78 is 38.9. The highest BCUT2D eigenvalue weighted by atomic mass is 19.4. The molecule has 0 fully saturated rings. The van der Waals surface area contributed by atoms with Gasteiger partial charge in [-0.25, -0.2) is 0 Å². The van der Waals surface area contributed by atoms with Gasteiger partial charge in [-0.3, -0.25) is 9.59 Å². The minimum absolute atomic E-state index is 0.215. The number of hydrogen-bond donors (Lipinski definition) is 1. The van der Waals surface area contributed by atoms with Crippen LogP contribution in [0.2, 0.25) is 0 Å². The zero-order chi connectivity index (χ0) is 22.7. The number of ketones is 1. The van der Waals surface area contributed by atoms with Gasteiger partial charge in [-0.2, -0.15) is 13.2 Å². The molecule has 0 aliphatic heterocycles. The van der Waals surface area contributed by atoms with E-state index in [4.69, 9.17) is 0 Å². The van der Waals surface area contributed by atoms with Crippen molar-refractivity contribution in [3.63, 3.8) is 0 Å². The van der Waals surface area contributed by atoms with Crippen molar-refractivity contribution in [2.45, 2.75) is 12.6 Å². The fourth-order valence-corrected chi connectivity index (χ4v) is 3.50. The molecule has 4 aromatic carbocycles. The number of amides is 1. The highest BCUT2D eigenvalue weighted by Gasteiger charge is 2.30. The van der Waals surface area contributed by atoms with E-state index in [0.29, 0.717) is 11.3 Å². The molecule has 4 aromatic rings. The van der Waals surface area contributed by atoms with Gasteiger partial charge in [0.05, 0.1) is 11.3 Å². The van der Waals surface area contributed by atoms with Crippen molar-refractivity contribution in [1.29, 1.82) is 0 Å². The van der Waals surface area contributed by atoms with Crippen molar-refractivity contribution >= 4 is 28.2 Å². The molecule has 0 aliphatic carbocycles. The number of para-hydroxylation sites is 1. The zero-order valence-electron chi connectivity index (χ0n) is 16.8. The number of hydrogen-bond acceptors (Lipinski definition) is 2. The molecule has 0 aromatic heterocycles. The van der Waals surface area contributed by atoms with E-state index in [0.717, 1.165) is 22.9 Å². The molecular formula is C26H18F3NO2. The van der Waals surface area contributed by atoms with Crippen molar-refractivity contribution in [1.82, 2.24) is 0 Å². The summed E-state index contributed by atoms with van der Waals surface area (Å²) in [5.74, 6) is -0.770. The second-order valence-electron chi connectivity index (χ2n) is 7.36. The number of alkyl halides is 3. The van der Waals surface area contributed by atoms with Gasteiger partial charge >= 0.3 is 6.18 Å². The maximum absolute atomic E-state index is 13.0. The van der Waals surface area contributed by atoms with Gasteiger partial charge in [0.15, 0.2) is 5.78 Å². The molecule has 1 amide bonds. The lowest BCUT2D eigenvalue weighted by atomic mass is 9.99. The third-order valence-corrected chi connectivity index (χ3v) is 5.11. The average molecular weight is 433 g/mol. The van der Waals surface area contributed by atoms with Gasteiger partial charge < -0.3 is 5.32 Å². The van der Waals surface area contributed by atoms with E-state index in [-0.39, 0.29) is 23.5 Å². The SMILES string of the molecule is O=C(Nc1ccccc1C(=O)Cc1cccc(C(F)(F)F)c1)c1ccc2ccccc2c1. The number of halogens is 3. The molecule has 1 N–H and O–H groups in total. The average Bonchev–Trinajstić information content (AvgIpc) is 2.78. The minimum atomic E-state index is -4.48. The van der Waals surface area contributed by atoms with Gasteiger partial charge in [0.2, 0.25) is 0 Å². The van der Waals surface area contributed by atoms with E-state index in [1.807, 2.05) is 30.3 Å². The molecule has 0 atom stereocenters. The topological polar surface area (TPSA) is 46.2 Å². The van der Waals surface area contributed by atoms with Crippen LogP contribution in [-0.2, 0) is 12.6 Å². The number of carbonyl (C=O) groups is 2. The van der Waals surface area contributed by atoms with Crippen molar-refractivity contribution in [2.24, 2.45) is 0 Å². The first kappa shape index (κ1) is 21.3. The number of carbonyl (C=O) groups excluding carboxylic acids is 2. The van der Waals surface area contributed by atoms with Crippen LogP contribution in [0.3, 0.4) is 0 Å². The zero-order valence-corrected chi connectivity index (χ0v) is 16.8. The largest absolute Gasteiger partial charge is 0.416 e. The Labute approximate surface area is 182 Å². The molecule has 0 heterocycles. The molecule has 0 radical (unpaired) electrons. The van der Waals surface area contributed by atoms with Crippen LogP contribution in [0.5, 0.6) is 0 Å². The van der Waals surface area contributed by atoms with E-state index in [2.05, 4.69) is 5.32 Å². The van der Waals surface area contributed by atoms with E-state index >= 15 is 0 Å². The minimum Gasteiger partial charge on any atom is -0.321 e. The smallest absolute Gasteiger partial charge is 0.321 e. The van der Waals surface area contributed by atoms with Crippen LogP contribution in [0.4, 0.5) is 18.9 Å². The monoisotopic (exact) mass is 433 g/mol. The molecule has 0 spiro atoms. The maximum Gasteiger partial charge on any atom is 0.416 e.